The van der Waals surface area contributed by atoms with Gasteiger partial charge in [-0.25, -0.2) is 0 Å². The van der Waals surface area contributed by atoms with Gasteiger partial charge in [-0.1, -0.05) is 12.1 Å². The number of carbonyl (C=O) groups is 1. The molecule has 0 radical (unpaired) electrons. The number of carbonyl (C=O) groups excluding carboxylic acids is 1. The Kier molecular flexibility index (Phi) is 2.36. The average Bonchev–Trinajstić information content (AvgIpc) is 2.27. The van der Waals surface area contributed by atoms with Gasteiger partial charge in [-0.2, -0.15) is 0 Å². The van der Waals surface area contributed by atoms with Crippen LogP contribution in [0.15, 0.2) is 22.7 Å². The van der Waals surface area contributed by atoms with E-state index < -0.39 is 0 Å². The van der Waals surface area contributed by atoms with Crippen LogP contribution in [-0.2, 0) is 11.2 Å². The van der Waals surface area contributed by atoms with Crippen molar-refractivity contribution in [3.63, 3.8) is 0 Å². The van der Waals surface area contributed by atoms with E-state index in [1.54, 1.807) is 0 Å². The van der Waals surface area contributed by atoms with E-state index in [9.17, 15) is 4.79 Å². The van der Waals surface area contributed by atoms with Crippen LogP contribution < -0.4 is 4.74 Å². The van der Waals surface area contributed by atoms with Gasteiger partial charge in [0.25, 0.3) is 0 Å². The SMILES string of the molecule is O=C1CCOc2c(Br)cccc2C1. The van der Waals surface area contributed by atoms with Crippen LogP contribution >= 0.6 is 15.9 Å². The molecule has 0 fully saturated rings. The second kappa shape index (κ2) is 3.50. The Labute approximate surface area is 85.0 Å². The maximum Gasteiger partial charge on any atom is 0.140 e. The van der Waals surface area contributed by atoms with E-state index in [0.717, 1.165) is 15.8 Å². The number of hydrogen-bond donors (Lipinski definition) is 0. The van der Waals surface area contributed by atoms with Crippen molar-refractivity contribution in [2.75, 3.05) is 6.61 Å². The second-order valence-corrected chi connectivity index (χ2v) is 3.90. The van der Waals surface area contributed by atoms with E-state index in [-0.39, 0.29) is 5.78 Å². The first-order valence-corrected chi connectivity index (χ1v) is 4.98. The van der Waals surface area contributed by atoms with Crippen LogP contribution in [0.25, 0.3) is 0 Å². The number of ketones is 1. The molecule has 0 N–H and O–H groups in total. The number of rotatable bonds is 0. The fraction of sp³-hybridized carbons (Fsp3) is 0.300. The number of ether oxygens (including phenoxy) is 1. The molecule has 68 valence electrons. The number of hydrogen-bond acceptors (Lipinski definition) is 2. The third-order valence-electron chi connectivity index (χ3n) is 2.06. The fourth-order valence-corrected chi connectivity index (χ4v) is 1.94. The van der Waals surface area contributed by atoms with E-state index in [0.29, 0.717) is 19.4 Å². The minimum atomic E-state index is 0.247. The standard InChI is InChI=1S/C10H9BrO2/c11-9-3-1-2-7-6-8(12)4-5-13-10(7)9/h1-3H,4-6H2. The maximum absolute atomic E-state index is 11.3. The molecule has 0 atom stereocenters. The van der Waals surface area contributed by atoms with Crippen molar-refractivity contribution >= 4 is 21.7 Å². The summed E-state index contributed by atoms with van der Waals surface area (Å²) < 4.78 is 6.41. The van der Waals surface area contributed by atoms with Crippen LogP contribution in [0.2, 0.25) is 0 Å². The molecule has 0 amide bonds. The first kappa shape index (κ1) is 8.75. The van der Waals surface area contributed by atoms with Crippen LogP contribution in [0, 0.1) is 0 Å². The van der Waals surface area contributed by atoms with Gasteiger partial charge in [-0.15, -0.1) is 0 Å². The molecule has 1 aliphatic rings. The Morgan fingerprint density at radius 1 is 1.38 bits per heavy atom. The van der Waals surface area contributed by atoms with Gasteiger partial charge in [-0.3, -0.25) is 4.79 Å². The average molecular weight is 241 g/mol. The topological polar surface area (TPSA) is 26.3 Å². The molecule has 0 unspecified atom stereocenters. The highest BCUT2D eigenvalue weighted by molar-refractivity contribution is 9.10. The molecule has 1 heterocycles. The van der Waals surface area contributed by atoms with Crippen molar-refractivity contribution < 1.29 is 9.53 Å². The summed E-state index contributed by atoms with van der Waals surface area (Å²) in [6.45, 7) is 0.494. The Hall–Kier alpha value is -0.830. The zero-order valence-electron chi connectivity index (χ0n) is 7.05. The quantitative estimate of drug-likeness (QED) is 0.696. The second-order valence-electron chi connectivity index (χ2n) is 3.04. The summed E-state index contributed by atoms with van der Waals surface area (Å²) in [5, 5.41) is 0. The highest BCUT2D eigenvalue weighted by Crippen LogP contribution is 2.31. The van der Waals surface area contributed by atoms with Crippen molar-refractivity contribution in [3.8, 4) is 5.75 Å². The molecule has 2 rings (SSSR count). The van der Waals surface area contributed by atoms with Gasteiger partial charge in [0.2, 0.25) is 0 Å². The predicted molar refractivity (Wildman–Crippen MR) is 53.0 cm³/mol. The van der Waals surface area contributed by atoms with Crippen LogP contribution in [0.1, 0.15) is 12.0 Å². The van der Waals surface area contributed by atoms with E-state index in [1.165, 1.54) is 0 Å². The Balaban J connectivity index is 2.45. The van der Waals surface area contributed by atoms with Gasteiger partial charge in [0, 0.05) is 18.4 Å². The molecule has 0 aliphatic carbocycles. The van der Waals surface area contributed by atoms with Crippen molar-refractivity contribution in [3.05, 3.63) is 28.2 Å². The Morgan fingerprint density at radius 2 is 2.23 bits per heavy atom. The highest BCUT2D eigenvalue weighted by atomic mass is 79.9. The minimum absolute atomic E-state index is 0.247. The molecule has 2 nitrogen and oxygen atoms in total. The number of halogens is 1. The lowest BCUT2D eigenvalue weighted by Gasteiger charge is -2.07. The predicted octanol–water partition coefficient (Wildman–Crippen LogP) is 2.34. The van der Waals surface area contributed by atoms with Crippen molar-refractivity contribution in [1.29, 1.82) is 0 Å². The van der Waals surface area contributed by atoms with Gasteiger partial charge < -0.3 is 4.74 Å². The molecule has 0 aromatic heterocycles. The maximum atomic E-state index is 11.3. The van der Waals surface area contributed by atoms with Gasteiger partial charge in [-0.05, 0) is 22.0 Å². The number of fused-ring (bicyclic) bond motifs is 1. The molecule has 1 aromatic rings. The zero-order chi connectivity index (χ0) is 9.26. The molecule has 13 heavy (non-hydrogen) atoms. The van der Waals surface area contributed by atoms with E-state index in [4.69, 9.17) is 4.74 Å². The highest BCUT2D eigenvalue weighted by Gasteiger charge is 2.15. The fourth-order valence-electron chi connectivity index (χ4n) is 1.42. The molecule has 0 bridgehead atoms. The minimum Gasteiger partial charge on any atom is -0.492 e. The third kappa shape index (κ3) is 1.75. The normalized spacial score (nSPS) is 15.9. The van der Waals surface area contributed by atoms with E-state index in [2.05, 4.69) is 15.9 Å². The summed E-state index contributed by atoms with van der Waals surface area (Å²) in [4.78, 5) is 11.3. The molecule has 0 saturated carbocycles. The van der Waals surface area contributed by atoms with E-state index >= 15 is 0 Å². The summed E-state index contributed by atoms with van der Waals surface area (Å²) in [5.41, 5.74) is 0.983. The van der Waals surface area contributed by atoms with Crippen LogP contribution in [-0.4, -0.2) is 12.4 Å². The molecule has 0 saturated heterocycles. The smallest absolute Gasteiger partial charge is 0.140 e. The molecule has 0 spiro atoms. The number of para-hydroxylation sites is 1. The summed E-state index contributed by atoms with van der Waals surface area (Å²) in [5.74, 6) is 1.07. The monoisotopic (exact) mass is 240 g/mol. The van der Waals surface area contributed by atoms with Crippen LogP contribution in [0.4, 0.5) is 0 Å². The molecule has 1 aromatic carbocycles. The molecule has 1 aliphatic heterocycles. The summed E-state index contributed by atoms with van der Waals surface area (Å²) >= 11 is 3.40. The lowest BCUT2D eigenvalue weighted by Crippen LogP contribution is -2.02. The molecule has 3 heteroatoms. The van der Waals surface area contributed by atoms with E-state index in [1.807, 2.05) is 18.2 Å². The first-order valence-electron chi connectivity index (χ1n) is 4.19. The lowest BCUT2D eigenvalue weighted by molar-refractivity contribution is -0.118. The van der Waals surface area contributed by atoms with Gasteiger partial charge >= 0.3 is 0 Å². The van der Waals surface area contributed by atoms with Gasteiger partial charge in [0.15, 0.2) is 0 Å². The molecular weight excluding hydrogens is 232 g/mol. The van der Waals surface area contributed by atoms with Crippen molar-refractivity contribution in [2.24, 2.45) is 0 Å². The van der Waals surface area contributed by atoms with Crippen LogP contribution in [0.3, 0.4) is 0 Å². The van der Waals surface area contributed by atoms with Crippen molar-refractivity contribution in [1.82, 2.24) is 0 Å². The molecular formula is C10H9BrO2. The van der Waals surface area contributed by atoms with Gasteiger partial charge in [0.1, 0.15) is 11.5 Å². The summed E-state index contributed by atoms with van der Waals surface area (Å²) in [7, 11) is 0. The van der Waals surface area contributed by atoms with Crippen molar-refractivity contribution in [2.45, 2.75) is 12.8 Å². The Morgan fingerprint density at radius 3 is 3.08 bits per heavy atom. The summed E-state index contributed by atoms with van der Waals surface area (Å²) in [6.07, 6.45) is 1.01. The van der Waals surface area contributed by atoms with Crippen LogP contribution in [0.5, 0.6) is 5.75 Å². The lowest BCUT2D eigenvalue weighted by atomic mass is 10.1. The number of Topliss-reactive ketones (excluding diaryl/α,β-unsaturated/α-hetero) is 1. The largest absolute Gasteiger partial charge is 0.492 e. The Bertz CT molecular complexity index is 347. The number of benzene rings is 1. The third-order valence-corrected chi connectivity index (χ3v) is 2.69. The first-order chi connectivity index (χ1) is 6.27. The summed E-state index contributed by atoms with van der Waals surface area (Å²) in [6, 6.07) is 5.78. The zero-order valence-corrected chi connectivity index (χ0v) is 8.63. The van der Waals surface area contributed by atoms with Gasteiger partial charge in [0.05, 0.1) is 11.1 Å².